The van der Waals surface area contributed by atoms with Crippen LogP contribution in [0.5, 0.6) is 5.75 Å². The molecule has 0 radical (unpaired) electrons. The van der Waals surface area contributed by atoms with Crippen LogP contribution in [0.15, 0.2) is 36.4 Å². The molecule has 1 aliphatic rings. The molecule has 0 amide bonds. The lowest BCUT2D eigenvalue weighted by molar-refractivity contribution is -0.274. The smallest absolute Gasteiger partial charge is 0.406 e. The second kappa shape index (κ2) is 6.91. The Labute approximate surface area is 154 Å². The van der Waals surface area contributed by atoms with Gasteiger partial charge in [0.15, 0.2) is 0 Å². The van der Waals surface area contributed by atoms with E-state index >= 15 is 0 Å². The third kappa shape index (κ3) is 3.95. The van der Waals surface area contributed by atoms with E-state index in [1.165, 1.54) is 30.3 Å². The minimum absolute atomic E-state index is 0.301. The van der Waals surface area contributed by atoms with E-state index in [9.17, 15) is 22.4 Å². The van der Waals surface area contributed by atoms with Crippen molar-refractivity contribution in [2.45, 2.75) is 25.5 Å². The topological polar surface area (TPSA) is 29.5 Å². The van der Waals surface area contributed by atoms with Crippen LogP contribution < -0.4 is 4.74 Å². The Balaban J connectivity index is 1.78. The summed E-state index contributed by atoms with van der Waals surface area (Å²) in [5, 5.41) is 0. The SMILES string of the molecule is O=CC1c2c(ccc(F)c2I)CN1Cc1ccc(OC(F)(F)F)cc1. The first-order valence-electron chi connectivity index (χ1n) is 7.29. The van der Waals surface area contributed by atoms with Gasteiger partial charge in [0.2, 0.25) is 0 Å². The first-order chi connectivity index (χ1) is 11.8. The second-order valence-electron chi connectivity index (χ2n) is 5.61. The molecule has 0 saturated heterocycles. The van der Waals surface area contributed by atoms with Gasteiger partial charge in [-0.2, -0.15) is 0 Å². The van der Waals surface area contributed by atoms with Gasteiger partial charge in [-0.3, -0.25) is 4.90 Å². The van der Waals surface area contributed by atoms with E-state index in [0.717, 1.165) is 17.4 Å². The molecule has 2 aromatic rings. The molecule has 0 aromatic heterocycles. The molecule has 1 unspecified atom stereocenters. The molecular formula is C17H12F4INO2. The zero-order chi connectivity index (χ0) is 18.2. The number of rotatable bonds is 4. The molecule has 3 rings (SSSR count). The maximum atomic E-state index is 13.8. The molecule has 2 aromatic carbocycles. The van der Waals surface area contributed by atoms with Gasteiger partial charge >= 0.3 is 6.36 Å². The first-order valence-corrected chi connectivity index (χ1v) is 8.37. The molecule has 0 bridgehead atoms. The van der Waals surface area contributed by atoms with Crippen LogP contribution in [0.3, 0.4) is 0 Å². The summed E-state index contributed by atoms with van der Waals surface area (Å²) in [6.07, 6.45) is -3.98. The van der Waals surface area contributed by atoms with Crippen LogP contribution in [0.2, 0.25) is 0 Å². The molecule has 0 spiro atoms. The highest BCUT2D eigenvalue weighted by Gasteiger charge is 2.33. The number of halogens is 5. The Morgan fingerprint density at radius 3 is 2.48 bits per heavy atom. The Kier molecular flexibility index (Phi) is 5.01. The number of fused-ring (bicyclic) bond motifs is 1. The van der Waals surface area contributed by atoms with Crippen molar-refractivity contribution in [2.24, 2.45) is 0 Å². The Morgan fingerprint density at radius 1 is 1.20 bits per heavy atom. The van der Waals surface area contributed by atoms with Gasteiger partial charge in [0.05, 0.1) is 9.61 Å². The zero-order valence-electron chi connectivity index (χ0n) is 12.7. The summed E-state index contributed by atoms with van der Waals surface area (Å²) in [7, 11) is 0. The van der Waals surface area contributed by atoms with Crippen molar-refractivity contribution in [3.63, 3.8) is 0 Å². The van der Waals surface area contributed by atoms with Crippen molar-refractivity contribution in [2.75, 3.05) is 0 Å². The molecule has 132 valence electrons. The number of carbonyl (C=O) groups excluding carboxylic acids is 1. The van der Waals surface area contributed by atoms with Crippen LogP contribution in [-0.2, 0) is 17.9 Å². The number of aldehydes is 1. The van der Waals surface area contributed by atoms with Gasteiger partial charge in [-0.25, -0.2) is 4.39 Å². The van der Waals surface area contributed by atoms with Crippen LogP contribution in [0.25, 0.3) is 0 Å². The number of hydrogen-bond donors (Lipinski definition) is 0. The lowest BCUT2D eigenvalue weighted by atomic mass is 10.1. The molecule has 3 nitrogen and oxygen atoms in total. The molecule has 25 heavy (non-hydrogen) atoms. The number of alkyl halides is 3. The third-order valence-corrected chi connectivity index (χ3v) is 5.05. The number of nitrogens with zero attached hydrogens (tertiary/aromatic N) is 1. The van der Waals surface area contributed by atoms with E-state index in [4.69, 9.17) is 0 Å². The van der Waals surface area contributed by atoms with Crippen LogP contribution in [0.1, 0.15) is 22.7 Å². The average Bonchev–Trinajstić information content (AvgIpc) is 2.89. The molecule has 8 heteroatoms. The number of benzene rings is 2. The van der Waals surface area contributed by atoms with Crippen molar-refractivity contribution >= 4 is 28.9 Å². The van der Waals surface area contributed by atoms with Crippen LogP contribution in [-0.4, -0.2) is 17.5 Å². The van der Waals surface area contributed by atoms with Gasteiger partial charge in [0.25, 0.3) is 0 Å². The maximum Gasteiger partial charge on any atom is 0.573 e. The summed E-state index contributed by atoms with van der Waals surface area (Å²) in [5.74, 6) is -0.675. The highest BCUT2D eigenvalue weighted by molar-refractivity contribution is 14.1. The Hall–Kier alpha value is -1.68. The monoisotopic (exact) mass is 465 g/mol. The normalized spacial score (nSPS) is 17.4. The predicted molar refractivity (Wildman–Crippen MR) is 90.3 cm³/mol. The number of hydrogen-bond acceptors (Lipinski definition) is 3. The third-order valence-electron chi connectivity index (χ3n) is 3.96. The summed E-state index contributed by atoms with van der Waals surface area (Å²) in [5.41, 5.74) is 2.26. The molecule has 0 saturated carbocycles. The molecule has 0 aliphatic carbocycles. The van der Waals surface area contributed by atoms with Crippen molar-refractivity contribution in [3.8, 4) is 5.75 Å². The van der Waals surface area contributed by atoms with Gasteiger partial charge in [0, 0.05) is 13.1 Å². The summed E-state index contributed by atoms with van der Waals surface area (Å²) >= 11 is 1.88. The fraction of sp³-hybridized carbons (Fsp3) is 0.235. The van der Waals surface area contributed by atoms with E-state index in [0.29, 0.717) is 22.2 Å². The average molecular weight is 465 g/mol. The predicted octanol–water partition coefficient (Wildman–Crippen LogP) is 4.58. The van der Waals surface area contributed by atoms with Crippen molar-refractivity contribution in [3.05, 3.63) is 62.5 Å². The maximum absolute atomic E-state index is 13.8. The summed E-state index contributed by atoms with van der Waals surface area (Å²) < 4.78 is 54.6. The van der Waals surface area contributed by atoms with Crippen molar-refractivity contribution in [1.29, 1.82) is 0 Å². The molecule has 1 heterocycles. The highest BCUT2D eigenvalue weighted by Crippen LogP contribution is 2.37. The van der Waals surface area contributed by atoms with E-state index < -0.39 is 12.4 Å². The largest absolute Gasteiger partial charge is 0.573 e. The summed E-state index contributed by atoms with van der Waals surface area (Å²) in [6.45, 7) is 0.817. The van der Waals surface area contributed by atoms with Gasteiger partial charge in [0.1, 0.15) is 17.9 Å². The highest BCUT2D eigenvalue weighted by atomic mass is 127. The quantitative estimate of drug-likeness (QED) is 0.376. The molecule has 0 fully saturated rings. The number of carbonyl (C=O) groups is 1. The van der Waals surface area contributed by atoms with Crippen molar-refractivity contribution < 1.29 is 27.1 Å². The second-order valence-corrected chi connectivity index (χ2v) is 6.69. The van der Waals surface area contributed by atoms with Crippen LogP contribution in [0, 0.1) is 9.39 Å². The van der Waals surface area contributed by atoms with Crippen molar-refractivity contribution in [1.82, 2.24) is 4.90 Å². The van der Waals surface area contributed by atoms with Crippen LogP contribution >= 0.6 is 22.6 Å². The Bertz CT molecular complexity index is 792. The minimum Gasteiger partial charge on any atom is -0.406 e. The number of ether oxygens (including phenoxy) is 1. The Morgan fingerprint density at radius 2 is 1.88 bits per heavy atom. The lowest BCUT2D eigenvalue weighted by Gasteiger charge is -2.21. The molecule has 0 N–H and O–H groups in total. The fourth-order valence-corrected chi connectivity index (χ4v) is 3.75. The van der Waals surface area contributed by atoms with Gasteiger partial charge in [-0.15, -0.1) is 13.2 Å². The van der Waals surface area contributed by atoms with E-state index in [2.05, 4.69) is 4.74 Å². The molecule has 1 aliphatic heterocycles. The van der Waals surface area contributed by atoms with E-state index in [1.54, 1.807) is 6.07 Å². The fourth-order valence-electron chi connectivity index (χ4n) is 2.90. The molecular weight excluding hydrogens is 453 g/mol. The van der Waals surface area contributed by atoms with E-state index in [-0.39, 0.29) is 11.6 Å². The van der Waals surface area contributed by atoms with E-state index in [1.807, 2.05) is 27.5 Å². The van der Waals surface area contributed by atoms with Crippen LogP contribution in [0.4, 0.5) is 17.6 Å². The first kappa shape index (κ1) is 18.1. The summed E-state index contributed by atoms with van der Waals surface area (Å²) in [4.78, 5) is 13.4. The standard InChI is InChI=1S/C17H12F4INO2/c18-13-6-3-11-8-23(14(9-24)15(11)16(13)22)7-10-1-4-12(5-2-10)25-17(19,20)21/h1-6,9,14H,7-8H2. The van der Waals surface area contributed by atoms with Gasteiger partial charge in [-0.1, -0.05) is 18.2 Å². The van der Waals surface area contributed by atoms with Gasteiger partial charge < -0.3 is 9.53 Å². The lowest BCUT2D eigenvalue weighted by Crippen LogP contribution is -2.23. The zero-order valence-corrected chi connectivity index (χ0v) is 14.8. The van der Waals surface area contributed by atoms with Gasteiger partial charge in [-0.05, 0) is 57.5 Å². The summed E-state index contributed by atoms with van der Waals surface area (Å²) in [6, 6.07) is 7.92. The molecule has 1 atom stereocenters. The minimum atomic E-state index is -4.73.